The van der Waals surface area contributed by atoms with E-state index in [0.29, 0.717) is 0 Å². The van der Waals surface area contributed by atoms with Crippen LogP contribution in [0, 0.1) is 11.3 Å². The first-order valence-electron chi connectivity index (χ1n) is 6.86. The van der Waals surface area contributed by atoms with E-state index in [-0.39, 0.29) is 32.9 Å². The van der Waals surface area contributed by atoms with Gasteiger partial charge < -0.3 is 10.6 Å². The standard InChI is InChI=1S/C14H14ClN7O2S/c1-17-14(23)12-9(6-11(15)21-22-12)20-13-10(25(3,24)18-2)5-4-8(7-16)19-13/h4-6H,1-3H3,(H,17,23)(H,19,20,21). The van der Waals surface area contributed by atoms with Crippen molar-refractivity contribution in [2.24, 2.45) is 4.36 Å². The molecule has 9 nitrogen and oxygen atoms in total. The highest BCUT2D eigenvalue weighted by Gasteiger charge is 2.19. The fourth-order valence-electron chi connectivity index (χ4n) is 1.88. The number of hydrogen-bond acceptors (Lipinski definition) is 8. The molecule has 1 atom stereocenters. The van der Waals surface area contributed by atoms with Gasteiger partial charge in [0, 0.05) is 26.4 Å². The van der Waals surface area contributed by atoms with E-state index < -0.39 is 15.6 Å². The van der Waals surface area contributed by atoms with E-state index in [9.17, 15) is 9.00 Å². The van der Waals surface area contributed by atoms with Crippen molar-refractivity contribution < 1.29 is 9.00 Å². The molecule has 11 heteroatoms. The van der Waals surface area contributed by atoms with Crippen molar-refractivity contribution in [2.45, 2.75) is 4.90 Å². The fourth-order valence-corrected chi connectivity index (χ4v) is 3.00. The molecule has 1 amide bonds. The Hall–Kier alpha value is -2.77. The third-order valence-corrected chi connectivity index (χ3v) is 5.22. The molecule has 0 radical (unpaired) electrons. The van der Waals surface area contributed by atoms with Crippen LogP contribution in [-0.2, 0) is 9.73 Å². The second-order valence-corrected chi connectivity index (χ2v) is 7.57. The molecule has 2 rings (SSSR count). The summed E-state index contributed by atoms with van der Waals surface area (Å²) in [5, 5.41) is 21.8. The van der Waals surface area contributed by atoms with Gasteiger partial charge in [-0.15, -0.1) is 10.2 Å². The molecule has 2 aromatic heterocycles. The quantitative estimate of drug-likeness (QED) is 0.823. The predicted molar refractivity (Wildman–Crippen MR) is 93.4 cm³/mol. The van der Waals surface area contributed by atoms with Crippen molar-refractivity contribution in [3.8, 4) is 6.07 Å². The van der Waals surface area contributed by atoms with Crippen LogP contribution in [0.15, 0.2) is 27.5 Å². The van der Waals surface area contributed by atoms with E-state index in [1.165, 1.54) is 38.6 Å². The van der Waals surface area contributed by atoms with Crippen molar-refractivity contribution in [3.05, 3.63) is 34.7 Å². The molecule has 0 bridgehead atoms. The summed E-state index contributed by atoms with van der Waals surface area (Å²) in [4.78, 5) is 16.4. The number of carbonyl (C=O) groups is 1. The summed E-state index contributed by atoms with van der Waals surface area (Å²) in [6.07, 6.45) is 1.44. The second-order valence-electron chi connectivity index (χ2n) is 4.77. The molecule has 0 aliphatic carbocycles. The minimum Gasteiger partial charge on any atom is -0.354 e. The van der Waals surface area contributed by atoms with Gasteiger partial charge in [0.15, 0.2) is 10.8 Å². The Bertz CT molecular complexity index is 993. The van der Waals surface area contributed by atoms with E-state index in [0.717, 1.165) is 0 Å². The van der Waals surface area contributed by atoms with Crippen LogP contribution >= 0.6 is 11.6 Å². The average Bonchev–Trinajstić information content (AvgIpc) is 2.61. The summed E-state index contributed by atoms with van der Waals surface area (Å²) in [7, 11) is 0.112. The van der Waals surface area contributed by atoms with Crippen LogP contribution in [0.1, 0.15) is 16.2 Å². The van der Waals surface area contributed by atoms with Gasteiger partial charge in [-0.05, 0) is 12.1 Å². The molecule has 0 fully saturated rings. The van der Waals surface area contributed by atoms with E-state index in [4.69, 9.17) is 16.9 Å². The molecule has 130 valence electrons. The van der Waals surface area contributed by atoms with Crippen molar-refractivity contribution in [3.63, 3.8) is 0 Å². The Morgan fingerprint density at radius 2 is 2.12 bits per heavy atom. The van der Waals surface area contributed by atoms with Crippen LogP contribution in [0.2, 0.25) is 5.15 Å². The number of nitriles is 1. The zero-order chi connectivity index (χ0) is 18.6. The smallest absolute Gasteiger partial charge is 0.273 e. The summed E-state index contributed by atoms with van der Waals surface area (Å²) in [5.74, 6) is -0.381. The lowest BCUT2D eigenvalue weighted by Gasteiger charge is -2.14. The average molecular weight is 380 g/mol. The third-order valence-electron chi connectivity index (χ3n) is 3.19. The van der Waals surface area contributed by atoms with Crippen LogP contribution in [-0.4, -0.2) is 45.6 Å². The Labute approximate surface area is 149 Å². The highest BCUT2D eigenvalue weighted by atomic mass is 35.5. The normalized spacial score (nSPS) is 12.6. The molecular formula is C14H14ClN7O2S. The number of amides is 1. The number of rotatable bonds is 4. The van der Waals surface area contributed by atoms with Crippen molar-refractivity contribution in [1.82, 2.24) is 20.5 Å². The Kier molecular flexibility index (Phi) is 5.51. The predicted octanol–water partition coefficient (Wildman–Crippen LogP) is 1.59. The monoisotopic (exact) mass is 379 g/mol. The van der Waals surface area contributed by atoms with E-state index in [1.54, 1.807) is 0 Å². The molecule has 0 saturated carbocycles. The maximum absolute atomic E-state index is 12.6. The van der Waals surface area contributed by atoms with Gasteiger partial charge in [0.2, 0.25) is 0 Å². The fraction of sp³-hybridized carbons (Fsp3) is 0.214. The molecular weight excluding hydrogens is 366 g/mol. The minimum atomic E-state index is -2.75. The number of nitrogens with one attached hydrogen (secondary N) is 2. The van der Waals surface area contributed by atoms with Crippen LogP contribution in [0.25, 0.3) is 0 Å². The van der Waals surface area contributed by atoms with Gasteiger partial charge in [-0.25, -0.2) is 13.6 Å². The summed E-state index contributed by atoms with van der Waals surface area (Å²) in [6.45, 7) is 0. The van der Waals surface area contributed by atoms with E-state index in [2.05, 4.69) is 30.2 Å². The van der Waals surface area contributed by atoms with Gasteiger partial charge in [-0.3, -0.25) is 4.79 Å². The van der Waals surface area contributed by atoms with Gasteiger partial charge >= 0.3 is 0 Å². The number of hydrogen-bond donors (Lipinski definition) is 2. The van der Waals surface area contributed by atoms with Crippen LogP contribution in [0.4, 0.5) is 11.5 Å². The van der Waals surface area contributed by atoms with Crippen molar-refractivity contribution in [1.29, 1.82) is 5.26 Å². The highest BCUT2D eigenvalue weighted by Crippen LogP contribution is 2.27. The molecule has 25 heavy (non-hydrogen) atoms. The Balaban J connectivity index is 2.65. The first kappa shape index (κ1) is 18.6. The van der Waals surface area contributed by atoms with Gasteiger partial charge in [0.25, 0.3) is 5.91 Å². The summed E-state index contributed by atoms with van der Waals surface area (Å²) >= 11 is 5.85. The summed E-state index contributed by atoms with van der Waals surface area (Å²) in [5.41, 5.74) is 0.278. The molecule has 2 N–H and O–H groups in total. The third kappa shape index (κ3) is 4.01. The number of carbonyl (C=O) groups excluding carboxylic acids is 1. The largest absolute Gasteiger partial charge is 0.354 e. The van der Waals surface area contributed by atoms with Gasteiger partial charge in [0.1, 0.15) is 17.6 Å². The Morgan fingerprint density at radius 3 is 2.72 bits per heavy atom. The first-order chi connectivity index (χ1) is 11.8. The highest BCUT2D eigenvalue weighted by molar-refractivity contribution is 7.93. The molecule has 0 aliphatic rings. The molecule has 0 spiro atoms. The van der Waals surface area contributed by atoms with Gasteiger partial charge in [0.05, 0.1) is 20.3 Å². The lowest BCUT2D eigenvalue weighted by molar-refractivity contribution is 0.0958. The number of anilines is 2. The topological polar surface area (TPSA) is 133 Å². The molecule has 0 aromatic carbocycles. The maximum atomic E-state index is 12.6. The van der Waals surface area contributed by atoms with Crippen molar-refractivity contribution >= 4 is 38.7 Å². The van der Waals surface area contributed by atoms with Crippen LogP contribution in [0.5, 0.6) is 0 Å². The molecule has 0 saturated heterocycles. The number of aromatic nitrogens is 3. The van der Waals surface area contributed by atoms with Gasteiger partial charge in [-0.2, -0.15) is 5.26 Å². The van der Waals surface area contributed by atoms with E-state index >= 15 is 0 Å². The SMILES string of the molecule is CN=S(C)(=O)c1ccc(C#N)nc1Nc1cc(Cl)nnc1C(=O)NC. The number of halogens is 1. The Morgan fingerprint density at radius 1 is 1.40 bits per heavy atom. The maximum Gasteiger partial charge on any atom is 0.273 e. The summed E-state index contributed by atoms with van der Waals surface area (Å²) in [6, 6.07) is 6.22. The molecule has 2 aromatic rings. The second kappa shape index (κ2) is 7.42. The lowest BCUT2D eigenvalue weighted by atomic mass is 10.3. The zero-order valence-corrected chi connectivity index (χ0v) is 15.1. The van der Waals surface area contributed by atoms with Crippen molar-refractivity contribution in [2.75, 3.05) is 25.7 Å². The summed E-state index contributed by atoms with van der Waals surface area (Å²) < 4.78 is 16.5. The molecule has 2 heterocycles. The lowest BCUT2D eigenvalue weighted by Crippen LogP contribution is -2.21. The molecule has 0 aliphatic heterocycles. The minimum absolute atomic E-state index is 0.0296. The molecule has 1 unspecified atom stereocenters. The number of pyridine rings is 1. The van der Waals surface area contributed by atoms with Crippen LogP contribution in [0.3, 0.4) is 0 Å². The van der Waals surface area contributed by atoms with Crippen LogP contribution < -0.4 is 10.6 Å². The zero-order valence-electron chi connectivity index (χ0n) is 13.6. The van der Waals surface area contributed by atoms with Gasteiger partial charge in [-0.1, -0.05) is 11.6 Å². The van der Waals surface area contributed by atoms with E-state index in [1.807, 2.05) is 6.07 Å². The number of nitrogens with zero attached hydrogens (tertiary/aromatic N) is 5. The first-order valence-corrected chi connectivity index (χ1v) is 9.16.